The van der Waals surface area contributed by atoms with Gasteiger partial charge in [-0.2, -0.15) is 0 Å². The molecule has 1 aliphatic heterocycles. The lowest BCUT2D eigenvalue weighted by Gasteiger charge is -2.27. The van der Waals surface area contributed by atoms with E-state index in [4.69, 9.17) is 16.6 Å². The standard InChI is InChI=1S/C21H23ClN4O/c1-2-3-10-25-11-12-26-19-9-8-15(13-18(19)24-20(26)14-25)23-21(27)16-6-4-5-7-17(16)22/h4-9,13H,2-3,10-12,14H2,1H3,(H,23,27). The number of halogens is 1. The number of anilines is 1. The zero-order chi connectivity index (χ0) is 18.8. The Bertz CT molecular complexity index is 981. The second-order valence-corrected chi connectivity index (χ2v) is 7.35. The van der Waals surface area contributed by atoms with Gasteiger partial charge in [-0.3, -0.25) is 9.69 Å². The molecule has 3 aromatic rings. The molecule has 6 heteroatoms. The molecule has 2 aromatic carbocycles. The van der Waals surface area contributed by atoms with Crippen LogP contribution in [0, 0.1) is 0 Å². The minimum Gasteiger partial charge on any atom is -0.326 e. The van der Waals surface area contributed by atoms with Crippen molar-refractivity contribution in [2.24, 2.45) is 0 Å². The minimum atomic E-state index is -0.213. The molecule has 0 saturated carbocycles. The Morgan fingerprint density at radius 3 is 2.89 bits per heavy atom. The number of hydrogen-bond donors (Lipinski definition) is 1. The van der Waals surface area contributed by atoms with Crippen molar-refractivity contribution in [3.63, 3.8) is 0 Å². The highest BCUT2D eigenvalue weighted by atomic mass is 35.5. The average molecular weight is 383 g/mol. The van der Waals surface area contributed by atoms with Gasteiger partial charge < -0.3 is 9.88 Å². The number of benzene rings is 2. The molecule has 27 heavy (non-hydrogen) atoms. The van der Waals surface area contributed by atoms with Crippen molar-refractivity contribution in [1.29, 1.82) is 0 Å². The van der Waals surface area contributed by atoms with Gasteiger partial charge in [0.1, 0.15) is 5.82 Å². The number of nitrogens with one attached hydrogen (secondary N) is 1. The van der Waals surface area contributed by atoms with E-state index in [2.05, 4.69) is 21.7 Å². The molecule has 140 valence electrons. The quantitative estimate of drug-likeness (QED) is 0.703. The summed E-state index contributed by atoms with van der Waals surface area (Å²) in [6.07, 6.45) is 2.43. The van der Waals surface area contributed by atoms with Crippen LogP contribution in [0.5, 0.6) is 0 Å². The first-order chi connectivity index (χ1) is 13.2. The number of carbonyl (C=O) groups excluding carboxylic acids is 1. The molecule has 0 aliphatic carbocycles. The van der Waals surface area contributed by atoms with Crippen LogP contribution in [0.4, 0.5) is 5.69 Å². The number of imidazole rings is 1. The number of amides is 1. The Labute approximate surface area is 163 Å². The van der Waals surface area contributed by atoms with Crippen LogP contribution < -0.4 is 5.32 Å². The molecular formula is C21H23ClN4O. The van der Waals surface area contributed by atoms with Gasteiger partial charge in [-0.15, -0.1) is 0 Å². The maximum Gasteiger partial charge on any atom is 0.257 e. The Morgan fingerprint density at radius 2 is 2.07 bits per heavy atom. The lowest BCUT2D eigenvalue weighted by atomic mass is 10.2. The molecule has 0 bridgehead atoms. The van der Waals surface area contributed by atoms with E-state index >= 15 is 0 Å². The largest absolute Gasteiger partial charge is 0.326 e. The lowest BCUT2D eigenvalue weighted by Crippen LogP contribution is -2.34. The molecule has 4 rings (SSSR count). The molecule has 0 radical (unpaired) electrons. The average Bonchev–Trinajstić information content (AvgIpc) is 3.03. The van der Waals surface area contributed by atoms with Gasteiger partial charge in [0.05, 0.1) is 28.2 Å². The summed E-state index contributed by atoms with van der Waals surface area (Å²) in [5.74, 6) is 0.886. The summed E-state index contributed by atoms with van der Waals surface area (Å²) >= 11 is 6.12. The van der Waals surface area contributed by atoms with E-state index in [-0.39, 0.29) is 5.91 Å². The van der Waals surface area contributed by atoms with E-state index in [9.17, 15) is 4.79 Å². The van der Waals surface area contributed by atoms with Crippen molar-refractivity contribution in [2.45, 2.75) is 32.9 Å². The Kier molecular flexibility index (Phi) is 5.14. The first kappa shape index (κ1) is 18.0. The third-order valence-corrected chi connectivity index (χ3v) is 5.37. The van der Waals surface area contributed by atoms with Crippen molar-refractivity contribution in [2.75, 3.05) is 18.4 Å². The van der Waals surface area contributed by atoms with Crippen molar-refractivity contribution in [3.05, 3.63) is 58.9 Å². The summed E-state index contributed by atoms with van der Waals surface area (Å²) in [5.41, 5.74) is 3.23. The topological polar surface area (TPSA) is 50.2 Å². The fourth-order valence-corrected chi connectivity index (χ4v) is 3.79. The number of fused-ring (bicyclic) bond motifs is 3. The SMILES string of the molecule is CCCCN1CCn2c(nc3cc(NC(=O)c4ccccc4Cl)ccc32)C1. The Hall–Kier alpha value is -2.37. The third kappa shape index (κ3) is 3.70. The van der Waals surface area contributed by atoms with E-state index in [1.54, 1.807) is 18.2 Å². The van der Waals surface area contributed by atoms with E-state index < -0.39 is 0 Å². The van der Waals surface area contributed by atoms with Crippen LogP contribution in [0.25, 0.3) is 11.0 Å². The number of unbranched alkanes of at least 4 members (excludes halogenated alkanes) is 1. The van der Waals surface area contributed by atoms with Crippen LogP contribution in [0.15, 0.2) is 42.5 Å². The summed E-state index contributed by atoms with van der Waals surface area (Å²) in [6.45, 7) is 6.25. The van der Waals surface area contributed by atoms with Crippen LogP contribution in [0.2, 0.25) is 5.02 Å². The highest BCUT2D eigenvalue weighted by Gasteiger charge is 2.20. The van der Waals surface area contributed by atoms with Crippen LogP contribution >= 0.6 is 11.6 Å². The molecule has 5 nitrogen and oxygen atoms in total. The summed E-state index contributed by atoms with van der Waals surface area (Å²) < 4.78 is 2.29. The number of hydrogen-bond acceptors (Lipinski definition) is 3. The second-order valence-electron chi connectivity index (χ2n) is 6.95. The van der Waals surface area contributed by atoms with Crippen molar-refractivity contribution in [3.8, 4) is 0 Å². The lowest BCUT2D eigenvalue weighted by molar-refractivity contribution is 0.102. The van der Waals surface area contributed by atoms with E-state index in [1.807, 2.05) is 24.3 Å². The molecule has 1 amide bonds. The number of rotatable bonds is 5. The fraction of sp³-hybridized carbons (Fsp3) is 0.333. The second kappa shape index (κ2) is 7.71. The Morgan fingerprint density at radius 1 is 1.22 bits per heavy atom. The fourth-order valence-electron chi connectivity index (χ4n) is 3.56. The summed E-state index contributed by atoms with van der Waals surface area (Å²) in [4.78, 5) is 19.8. The molecule has 2 heterocycles. The highest BCUT2D eigenvalue weighted by Crippen LogP contribution is 2.25. The van der Waals surface area contributed by atoms with E-state index in [1.165, 1.54) is 12.8 Å². The molecule has 0 unspecified atom stereocenters. The van der Waals surface area contributed by atoms with Gasteiger partial charge >= 0.3 is 0 Å². The van der Waals surface area contributed by atoms with E-state index in [0.29, 0.717) is 10.6 Å². The number of nitrogens with zero attached hydrogens (tertiary/aromatic N) is 3. The van der Waals surface area contributed by atoms with Gasteiger partial charge in [0.2, 0.25) is 0 Å². The van der Waals surface area contributed by atoms with E-state index in [0.717, 1.165) is 48.7 Å². The number of carbonyl (C=O) groups is 1. The van der Waals surface area contributed by atoms with Gasteiger partial charge in [-0.1, -0.05) is 37.1 Å². The summed E-state index contributed by atoms with van der Waals surface area (Å²) in [7, 11) is 0. The predicted molar refractivity (Wildman–Crippen MR) is 109 cm³/mol. The molecule has 1 aliphatic rings. The monoisotopic (exact) mass is 382 g/mol. The number of aromatic nitrogens is 2. The molecule has 0 spiro atoms. The third-order valence-electron chi connectivity index (χ3n) is 5.04. The predicted octanol–water partition coefficient (Wildman–Crippen LogP) is 4.56. The van der Waals surface area contributed by atoms with Gasteiger partial charge in [0, 0.05) is 18.8 Å². The van der Waals surface area contributed by atoms with Crippen LogP contribution in [0.3, 0.4) is 0 Å². The smallest absolute Gasteiger partial charge is 0.257 e. The maximum atomic E-state index is 12.5. The Balaban J connectivity index is 1.55. The zero-order valence-electron chi connectivity index (χ0n) is 15.4. The van der Waals surface area contributed by atoms with Gasteiger partial charge in [0.15, 0.2) is 0 Å². The first-order valence-corrected chi connectivity index (χ1v) is 9.81. The summed E-state index contributed by atoms with van der Waals surface area (Å²) in [6, 6.07) is 12.9. The van der Waals surface area contributed by atoms with Crippen LogP contribution in [-0.2, 0) is 13.1 Å². The van der Waals surface area contributed by atoms with Crippen LogP contribution in [0.1, 0.15) is 35.9 Å². The minimum absolute atomic E-state index is 0.213. The summed E-state index contributed by atoms with van der Waals surface area (Å²) in [5, 5.41) is 3.37. The molecule has 1 N–H and O–H groups in total. The maximum absolute atomic E-state index is 12.5. The van der Waals surface area contributed by atoms with Gasteiger partial charge in [-0.05, 0) is 43.3 Å². The van der Waals surface area contributed by atoms with Crippen LogP contribution in [-0.4, -0.2) is 33.4 Å². The highest BCUT2D eigenvalue weighted by molar-refractivity contribution is 6.34. The molecular weight excluding hydrogens is 360 g/mol. The molecule has 0 fully saturated rings. The molecule has 0 atom stereocenters. The first-order valence-electron chi connectivity index (χ1n) is 9.43. The van der Waals surface area contributed by atoms with Crippen molar-refractivity contribution in [1.82, 2.24) is 14.5 Å². The van der Waals surface area contributed by atoms with Gasteiger partial charge in [-0.25, -0.2) is 4.98 Å². The normalized spacial score (nSPS) is 14.3. The van der Waals surface area contributed by atoms with Crippen molar-refractivity contribution >= 4 is 34.2 Å². The van der Waals surface area contributed by atoms with Gasteiger partial charge in [0.25, 0.3) is 5.91 Å². The van der Waals surface area contributed by atoms with Crippen molar-refractivity contribution < 1.29 is 4.79 Å². The molecule has 1 aromatic heterocycles. The zero-order valence-corrected chi connectivity index (χ0v) is 16.2. The molecule has 0 saturated heterocycles.